The Bertz CT molecular complexity index is 661. The highest BCUT2D eigenvalue weighted by molar-refractivity contribution is 7.99. The van der Waals surface area contributed by atoms with Gasteiger partial charge in [-0.2, -0.15) is 0 Å². The lowest BCUT2D eigenvalue weighted by Gasteiger charge is -2.10. The number of nitrogens with two attached hydrogens (primary N) is 1. The first-order valence-electron chi connectivity index (χ1n) is 6.79. The molecule has 0 aliphatic heterocycles. The van der Waals surface area contributed by atoms with Gasteiger partial charge in [0.05, 0.1) is 6.04 Å². The van der Waals surface area contributed by atoms with Gasteiger partial charge in [0.15, 0.2) is 5.16 Å². The van der Waals surface area contributed by atoms with Crippen LogP contribution in [0.4, 0.5) is 0 Å². The molecule has 110 valence electrons. The summed E-state index contributed by atoms with van der Waals surface area (Å²) in [6.45, 7) is 1.85. The van der Waals surface area contributed by atoms with Crippen LogP contribution in [-0.4, -0.2) is 36.0 Å². The number of amidine groups is 1. The van der Waals surface area contributed by atoms with Crippen molar-refractivity contribution in [3.63, 3.8) is 0 Å². The second kappa shape index (κ2) is 5.76. The molecule has 1 aliphatic carbocycles. The van der Waals surface area contributed by atoms with Gasteiger partial charge >= 0.3 is 0 Å². The molecule has 8 nitrogen and oxygen atoms in total. The molecule has 3 rings (SSSR count). The molecule has 1 saturated carbocycles. The van der Waals surface area contributed by atoms with Gasteiger partial charge in [-0.3, -0.25) is 5.41 Å². The molecule has 21 heavy (non-hydrogen) atoms. The van der Waals surface area contributed by atoms with Gasteiger partial charge in [0, 0.05) is 5.69 Å². The molecule has 1 aliphatic rings. The van der Waals surface area contributed by atoms with Gasteiger partial charge in [0.2, 0.25) is 5.16 Å². The van der Waals surface area contributed by atoms with E-state index in [0.29, 0.717) is 22.0 Å². The maximum absolute atomic E-state index is 7.49. The Morgan fingerprint density at radius 3 is 2.86 bits per heavy atom. The zero-order valence-electron chi connectivity index (χ0n) is 11.7. The van der Waals surface area contributed by atoms with Crippen molar-refractivity contribution in [3.8, 4) is 0 Å². The molecule has 1 fully saturated rings. The number of nitrogens with zero attached hydrogens (tertiary/aromatic N) is 6. The number of hydrogen-bond acceptors (Lipinski definition) is 7. The van der Waals surface area contributed by atoms with Crippen LogP contribution in [0.5, 0.6) is 0 Å². The predicted molar refractivity (Wildman–Crippen MR) is 77.2 cm³/mol. The van der Waals surface area contributed by atoms with Crippen molar-refractivity contribution < 1.29 is 0 Å². The summed E-state index contributed by atoms with van der Waals surface area (Å²) in [4.78, 5) is 8.62. The average molecular weight is 304 g/mol. The van der Waals surface area contributed by atoms with E-state index in [9.17, 15) is 0 Å². The van der Waals surface area contributed by atoms with Crippen LogP contribution in [-0.2, 0) is 0 Å². The number of aromatic nitrogens is 6. The smallest absolute Gasteiger partial charge is 0.217 e. The van der Waals surface area contributed by atoms with Crippen molar-refractivity contribution in [3.05, 3.63) is 17.5 Å². The summed E-state index contributed by atoms with van der Waals surface area (Å²) in [7, 11) is 0. The molecule has 2 heterocycles. The van der Waals surface area contributed by atoms with Crippen LogP contribution in [0.15, 0.2) is 16.4 Å². The number of aryl methyl sites for hydroxylation is 1. The van der Waals surface area contributed by atoms with Crippen molar-refractivity contribution in [2.24, 2.45) is 5.73 Å². The lowest BCUT2D eigenvalue weighted by atomic mass is 10.3. The minimum absolute atomic E-state index is 0.0715. The Balaban J connectivity index is 1.87. The third kappa shape index (κ3) is 3.02. The van der Waals surface area contributed by atoms with E-state index in [4.69, 9.17) is 11.1 Å². The zero-order chi connectivity index (χ0) is 14.8. The number of nitrogen functional groups attached to an aromatic ring is 1. The van der Waals surface area contributed by atoms with E-state index >= 15 is 0 Å². The van der Waals surface area contributed by atoms with Gasteiger partial charge in [-0.15, -0.1) is 5.10 Å². The second-order valence-corrected chi connectivity index (χ2v) is 5.97. The minimum atomic E-state index is -0.0715. The van der Waals surface area contributed by atoms with Crippen molar-refractivity contribution in [1.82, 2.24) is 30.2 Å². The summed E-state index contributed by atoms with van der Waals surface area (Å²) in [6, 6.07) is 2.05. The number of tetrazole rings is 1. The van der Waals surface area contributed by atoms with Crippen LogP contribution < -0.4 is 5.73 Å². The topological polar surface area (TPSA) is 119 Å². The maximum atomic E-state index is 7.49. The minimum Gasteiger partial charge on any atom is -0.382 e. The van der Waals surface area contributed by atoms with E-state index < -0.39 is 0 Å². The molecule has 2 aromatic rings. The molecule has 0 atom stereocenters. The summed E-state index contributed by atoms with van der Waals surface area (Å²) in [5.74, 6) is -0.0715. The highest BCUT2D eigenvalue weighted by Gasteiger charge is 2.22. The third-order valence-electron chi connectivity index (χ3n) is 3.43. The molecule has 0 amide bonds. The summed E-state index contributed by atoms with van der Waals surface area (Å²) in [5.41, 5.74) is 6.68. The molecule has 0 aromatic carbocycles. The number of nitrogens with one attached hydrogen (secondary N) is 1. The van der Waals surface area contributed by atoms with E-state index in [1.807, 2.05) is 11.6 Å². The molecule has 3 N–H and O–H groups in total. The standard InChI is InChI=1S/C12H16N8S/c1-7-6-9(10(13)14)16-11(15-7)21-12-17-18-19-20(12)8-4-2-3-5-8/h6,8H,2-5H2,1H3,(H3,13,14). The third-order valence-corrected chi connectivity index (χ3v) is 4.24. The average Bonchev–Trinajstić information content (AvgIpc) is 3.08. The monoisotopic (exact) mass is 304 g/mol. The second-order valence-electron chi connectivity index (χ2n) is 5.04. The summed E-state index contributed by atoms with van der Waals surface area (Å²) in [5, 5.41) is 20.6. The first-order chi connectivity index (χ1) is 10.1. The molecule has 0 radical (unpaired) electrons. The molecule has 9 heteroatoms. The van der Waals surface area contributed by atoms with E-state index in [1.165, 1.54) is 24.6 Å². The molecule has 2 aromatic heterocycles. The quantitative estimate of drug-likeness (QED) is 0.496. The predicted octanol–water partition coefficient (Wildman–Crippen LogP) is 1.32. The highest BCUT2D eigenvalue weighted by atomic mass is 32.2. The Morgan fingerprint density at radius 2 is 2.14 bits per heavy atom. The zero-order valence-corrected chi connectivity index (χ0v) is 12.5. The lowest BCUT2D eigenvalue weighted by molar-refractivity contribution is 0.423. The van der Waals surface area contributed by atoms with Gasteiger partial charge in [0.1, 0.15) is 11.5 Å². The van der Waals surface area contributed by atoms with Crippen molar-refractivity contribution in [2.75, 3.05) is 0 Å². The van der Waals surface area contributed by atoms with E-state index in [1.54, 1.807) is 6.07 Å². The molecule has 0 bridgehead atoms. The van der Waals surface area contributed by atoms with Crippen molar-refractivity contribution >= 4 is 17.6 Å². The summed E-state index contributed by atoms with van der Waals surface area (Å²) >= 11 is 1.31. The summed E-state index contributed by atoms with van der Waals surface area (Å²) < 4.78 is 1.86. The van der Waals surface area contributed by atoms with Crippen molar-refractivity contribution in [1.29, 1.82) is 5.41 Å². The molecule has 0 unspecified atom stereocenters. The van der Waals surface area contributed by atoms with Crippen LogP contribution in [0.25, 0.3) is 0 Å². The van der Waals surface area contributed by atoms with Crippen LogP contribution in [0.1, 0.15) is 43.1 Å². The first kappa shape index (κ1) is 13.9. The van der Waals surface area contributed by atoms with Crippen LogP contribution in [0.3, 0.4) is 0 Å². The van der Waals surface area contributed by atoms with Gasteiger partial charge in [-0.25, -0.2) is 14.6 Å². The highest BCUT2D eigenvalue weighted by Crippen LogP contribution is 2.32. The number of rotatable bonds is 4. The van der Waals surface area contributed by atoms with E-state index in [2.05, 4.69) is 25.5 Å². The normalized spacial score (nSPS) is 15.5. The van der Waals surface area contributed by atoms with Gasteiger partial charge in [-0.1, -0.05) is 12.8 Å². The Labute approximate surface area is 126 Å². The molecular formula is C12H16N8S. The van der Waals surface area contributed by atoms with Gasteiger partial charge in [0.25, 0.3) is 0 Å². The number of hydrogen-bond donors (Lipinski definition) is 2. The van der Waals surface area contributed by atoms with Gasteiger partial charge < -0.3 is 5.73 Å². The lowest BCUT2D eigenvalue weighted by Crippen LogP contribution is -2.14. The van der Waals surface area contributed by atoms with Crippen LogP contribution in [0, 0.1) is 12.3 Å². The summed E-state index contributed by atoms with van der Waals surface area (Å²) in [6.07, 6.45) is 4.63. The Morgan fingerprint density at radius 1 is 1.38 bits per heavy atom. The Kier molecular flexibility index (Phi) is 3.82. The first-order valence-corrected chi connectivity index (χ1v) is 7.61. The Hall–Kier alpha value is -2.03. The largest absolute Gasteiger partial charge is 0.382 e. The fourth-order valence-corrected chi connectivity index (χ4v) is 3.29. The molecule has 0 saturated heterocycles. The molecular weight excluding hydrogens is 288 g/mol. The maximum Gasteiger partial charge on any atom is 0.217 e. The van der Waals surface area contributed by atoms with Crippen LogP contribution >= 0.6 is 11.8 Å². The van der Waals surface area contributed by atoms with Gasteiger partial charge in [-0.05, 0) is 48.0 Å². The SMILES string of the molecule is Cc1cc(C(=N)N)nc(Sc2nnnn2C2CCCC2)n1. The fraction of sp³-hybridized carbons (Fsp3) is 0.500. The van der Waals surface area contributed by atoms with E-state index in [-0.39, 0.29) is 5.84 Å². The fourth-order valence-electron chi connectivity index (χ4n) is 2.44. The molecule has 0 spiro atoms. The van der Waals surface area contributed by atoms with Crippen molar-refractivity contribution in [2.45, 2.75) is 49.0 Å². The van der Waals surface area contributed by atoms with E-state index in [0.717, 1.165) is 18.5 Å². The van der Waals surface area contributed by atoms with Crippen LogP contribution in [0.2, 0.25) is 0 Å².